The zero-order chi connectivity index (χ0) is 27.9. The van der Waals surface area contributed by atoms with Gasteiger partial charge < -0.3 is 10.2 Å². The van der Waals surface area contributed by atoms with Crippen molar-refractivity contribution in [2.24, 2.45) is 0 Å². The highest BCUT2D eigenvalue weighted by atomic mass is 35.5. The zero-order valence-electron chi connectivity index (χ0n) is 21.5. The molecule has 0 saturated carbocycles. The monoisotopic (exact) mass is 575 g/mol. The maximum absolute atomic E-state index is 13.9. The van der Waals surface area contributed by atoms with E-state index in [2.05, 4.69) is 5.32 Å². The van der Waals surface area contributed by atoms with Gasteiger partial charge in [0.15, 0.2) is 0 Å². The van der Waals surface area contributed by atoms with Crippen LogP contribution in [0.2, 0.25) is 10.0 Å². The molecule has 0 bridgehead atoms. The standard InChI is InChI=1S/C28H31Cl2N3O4S/c1-4-31-28(35)26(16-21-8-6-5-7-9-21)32(18-22-12-10-20(2)11-13-22)27(34)19-33(38(3,36)37)25-17-23(29)14-15-24(25)30/h5-15,17,26H,4,16,18-19H2,1-3H3,(H,31,35)/t26-/m1/s1. The van der Waals surface area contributed by atoms with Gasteiger partial charge in [0.05, 0.1) is 17.0 Å². The number of sulfonamides is 1. The normalized spacial score (nSPS) is 12.0. The summed E-state index contributed by atoms with van der Waals surface area (Å²) >= 11 is 12.4. The maximum atomic E-state index is 13.9. The van der Waals surface area contributed by atoms with E-state index in [0.29, 0.717) is 6.54 Å². The molecule has 0 aliphatic heterocycles. The average Bonchev–Trinajstić information content (AvgIpc) is 2.87. The Labute approximate surface area is 234 Å². The summed E-state index contributed by atoms with van der Waals surface area (Å²) in [6.45, 7) is 3.68. The van der Waals surface area contributed by atoms with E-state index in [4.69, 9.17) is 23.2 Å². The van der Waals surface area contributed by atoms with Crippen molar-refractivity contribution in [3.8, 4) is 0 Å². The van der Waals surface area contributed by atoms with Gasteiger partial charge >= 0.3 is 0 Å². The number of hydrogen-bond acceptors (Lipinski definition) is 4. The van der Waals surface area contributed by atoms with Gasteiger partial charge in [0.1, 0.15) is 12.6 Å². The molecule has 0 spiro atoms. The first-order chi connectivity index (χ1) is 18.0. The molecule has 10 heteroatoms. The molecule has 3 aromatic carbocycles. The first-order valence-electron chi connectivity index (χ1n) is 12.1. The second kappa shape index (κ2) is 13.1. The number of rotatable bonds is 11. The zero-order valence-corrected chi connectivity index (χ0v) is 23.9. The van der Waals surface area contributed by atoms with Crippen molar-refractivity contribution in [1.82, 2.24) is 10.2 Å². The number of benzene rings is 3. The molecule has 0 fully saturated rings. The summed E-state index contributed by atoms with van der Waals surface area (Å²) in [6.07, 6.45) is 1.24. The molecule has 0 aliphatic rings. The Kier molecular flexibility index (Phi) is 10.2. The van der Waals surface area contributed by atoms with Gasteiger partial charge in [-0.2, -0.15) is 0 Å². The minimum absolute atomic E-state index is 0.0860. The van der Waals surface area contributed by atoms with Crippen molar-refractivity contribution in [1.29, 1.82) is 0 Å². The van der Waals surface area contributed by atoms with Crippen LogP contribution in [0.4, 0.5) is 5.69 Å². The number of hydrogen-bond donors (Lipinski definition) is 1. The summed E-state index contributed by atoms with van der Waals surface area (Å²) in [5.74, 6) is -0.886. The second-order valence-electron chi connectivity index (χ2n) is 8.97. The van der Waals surface area contributed by atoms with Crippen LogP contribution >= 0.6 is 23.2 Å². The van der Waals surface area contributed by atoms with Crippen molar-refractivity contribution in [3.63, 3.8) is 0 Å². The molecule has 1 atom stereocenters. The van der Waals surface area contributed by atoms with Crippen molar-refractivity contribution in [3.05, 3.63) is 99.5 Å². The van der Waals surface area contributed by atoms with Crippen LogP contribution in [0.15, 0.2) is 72.8 Å². The highest BCUT2D eigenvalue weighted by Crippen LogP contribution is 2.31. The number of carbonyl (C=O) groups excluding carboxylic acids is 2. The Bertz CT molecular complexity index is 1370. The van der Waals surface area contributed by atoms with Gasteiger partial charge in [-0.05, 0) is 43.2 Å². The quantitative estimate of drug-likeness (QED) is 0.354. The van der Waals surface area contributed by atoms with Crippen LogP contribution in [0.5, 0.6) is 0 Å². The summed E-state index contributed by atoms with van der Waals surface area (Å²) in [7, 11) is -3.94. The van der Waals surface area contributed by atoms with Gasteiger partial charge in [-0.3, -0.25) is 13.9 Å². The number of anilines is 1. The van der Waals surface area contributed by atoms with Gasteiger partial charge in [-0.25, -0.2) is 8.42 Å². The van der Waals surface area contributed by atoms with Crippen molar-refractivity contribution < 1.29 is 18.0 Å². The van der Waals surface area contributed by atoms with Crippen LogP contribution < -0.4 is 9.62 Å². The first kappa shape index (κ1) is 29.5. The van der Waals surface area contributed by atoms with E-state index >= 15 is 0 Å². The number of aryl methyl sites for hydroxylation is 1. The van der Waals surface area contributed by atoms with Crippen LogP contribution in [0.1, 0.15) is 23.6 Å². The fourth-order valence-corrected chi connectivity index (χ4v) is 5.30. The lowest BCUT2D eigenvalue weighted by molar-refractivity contribution is -0.140. The lowest BCUT2D eigenvalue weighted by Crippen LogP contribution is -2.53. The highest BCUT2D eigenvalue weighted by Gasteiger charge is 2.33. The predicted molar refractivity (Wildman–Crippen MR) is 153 cm³/mol. The Morgan fingerprint density at radius 1 is 0.947 bits per heavy atom. The maximum Gasteiger partial charge on any atom is 0.244 e. The third kappa shape index (κ3) is 7.96. The SMILES string of the molecule is CCNC(=O)[C@@H](Cc1ccccc1)N(Cc1ccc(C)cc1)C(=O)CN(c1cc(Cl)ccc1Cl)S(C)(=O)=O. The van der Waals surface area contributed by atoms with Crippen molar-refractivity contribution in [2.45, 2.75) is 32.9 Å². The number of amides is 2. The van der Waals surface area contributed by atoms with Gasteiger partial charge in [0.25, 0.3) is 0 Å². The van der Waals surface area contributed by atoms with E-state index < -0.39 is 28.5 Å². The average molecular weight is 577 g/mol. The van der Waals surface area contributed by atoms with Gasteiger partial charge in [-0.15, -0.1) is 0 Å². The molecule has 0 radical (unpaired) electrons. The minimum atomic E-state index is -3.94. The molecule has 0 unspecified atom stereocenters. The Balaban J connectivity index is 2.06. The summed E-state index contributed by atoms with van der Waals surface area (Å²) < 4.78 is 26.6. The third-order valence-corrected chi connectivity index (χ3v) is 7.63. The lowest BCUT2D eigenvalue weighted by atomic mass is 10.0. The molecule has 202 valence electrons. The highest BCUT2D eigenvalue weighted by molar-refractivity contribution is 7.92. The molecule has 0 saturated heterocycles. The molecule has 2 amide bonds. The van der Waals surface area contributed by atoms with E-state index in [9.17, 15) is 18.0 Å². The second-order valence-corrected chi connectivity index (χ2v) is 11.7. The third-order valence-electron chi connectivity index (χ3n) is 5.95. The molecule has 1 N–H and O–H groups in total. The van der Waals surface area contributed by atoms with Crippen LogP contribution in [-0.4, -0.2) is 50.5 Å². The molecule has 7 nitrogen and oxygen atoms in total. The van der Waals surface area contributed by atoms with E-state index in [1.807, 2.05) is 61.5 Å². The summed E-state index contributed by atoms with van der Waals surface area (Å²) in [5, 5.41) is 3.22. The number of nitrogens with zero attached hydrogens (tertiary/aromatic N) is 2. The first-order valence-corrected chi connectivity index (χ1v) is 14.7. The Hall–Kier alpha value is -3.07. The van der Waals surface area contributed by atoms with Crippen molar-refractivity contribution >= 4 is 50.7 Å². The fraction of sp³-hybridized carbons (Fsp3) is 0.286. The van der Waals surface area contributed by atoms with Crippen molar-refractivity contribution in [2.75, 3.05) is 23.7 Å². The molecule has 3 rings (SSSR count). The largest absolute Gasteiger partial charge is 0.355 e. The number of halogens is 2. The number of likely N-dealkylation sites (N-methyl/N-ethyl adjacent to an activating group) is 1. The molecule has 0 heterocycles. The Morgan fingerprint density at radius 2 is 1.61 bits per heavy atom. The van der Waals surface area contributed by atoms with Crippen LogP contribution in [0.25, 0.3) is 0 Å². The fourth-order valence-electron chi connectivity index (χ4n) is 4.01. The molecule has 0 aromatic heterocycles. The van der Waals surface area contributed by atoms with E-state index in [-0.39, 0.29) is 34.6 Å². The molecular formula is C28H31Cl2N3O4S. The summed E-state index contributed by atoms with van der Waals surface area (Å²) in [5.41, 5.74) is 2.80. The lowest BCUT2D eigenvalue weighted by Gasteiger charge is -2.33. The van der Waals surface area contributed by atoms with Crippen LogP contribution in [0, 0.1) is 6.92 Å². The van der Waals surface area contributed by atoms with E-state index in [1.165, 1.54) is 23.1 Å². The Morgan fingerprint density at radius 3 is 2.21 bits per heavy atom. The van der Waals surface area contributed by atoms with Gasteiger partial charge in [0.2, 0.25) is 21.8 Å². The smallest absolute Gasteiger partial charge is 0.244 e. The van der Waals surface area contributed by atoms with E-state index in [1.54, 1.807) is 6.92 Å². The number of nitrogens with one attached hydrogen (secondary N) is 1. The van der Waals surface area contributed by atoms with Crippen LogP contribution in [0.3, 0.4) is 0 Å². The van der Waals surface area contributed by atoms with Gasteiger partial charge in [-0.1, -0.05) is 83.4 Å². The molecule has 3 aromatic rings. The van der Waals surface area contributed by atoms with E-state index in [0.717, 1.165) is 27.3 Å². The summed E-state index contributed by atoms with van der Waals surface area (Å²) in [6, 6.07) is 20.5. The summed E-state index contributed by atoms with van der Waals surface area (Å²) in [4.78, 5) is 28.7. The molecule has 38 heavy (non-hydrogen) atoms. The predicted octanol–water partition coefficient (Wildman–Crippen LogP) is 4.84. The number of carbonyl (C=O) groups is 2. The minimum Gasteiger partial charge on any atom is -0.355 e. The molecule has 0 aliphatic carbocycles. The topological polar surface area (TPSA) is 86.8 Å². The van der Waals surface area contributed by atoms with Crippen LogP contribution in [-0.2, 0) is 32.6 Å². The molecular weight excluding hydrogens is 545 g/mol. The van der Waals surface area contributed by atoms with Gasteiger partial charge in [0, 0.05) is 24.5 Å².